The number of carbonyl (C=O) groups is 1. The summed E-state index contributed by atoms with van der Waals surface area (Å²) in [5.74, 6) is -0.277. The van der Waals surface area contributed by atoms with Gasteiger partial charge in [-0.3, -0.25) is 4.79 Å². The highest BCUT2D eigenvalue weighted by atomic mass is 35.5. The molecule has 1 aromatic heterocycles. The highest BCUT2D eigenvalue weighted by Crippen LogP contribution is 2.38. The molecule has 0 saturated heterocycles. The van der Waals surface area contributed by atoms with Crippen LogP contribution in [-0.2, 0) is 6.42 Å². The summed E-state index contributed by atoms with van der Waals surface area (Å²) in [5, 5.41) is 4.55. The van der Waals surface area contributed by atoms with E-state index in [0.29, 0.717) is 11.4 Å². The van der Waals surface area contributed by atoms with Crippen molar-refractivity contribution < 1.29 is 9.18 Å². The molecule has 3 nitrogen and oxygen atoms in total. The van der Waals surface area contributed by atoms with E-state index in [1.54, 1.807) is 22.9 Å². The van der Waals surface area contributed by atoms with Gasteiger partial charge in [-0.15, -0.1) is 0 Å². The number of aryl methyl sites for hydroxylation is 1. The Morgan fingerprint density at radius 1 is 1.19 bits per heavy atom. The zero-order valence-corrected chi connectivity index (χ0v) is 16.0. The van der Waals surface area contributed by atoms with Gasteiger partial charge in [-0.2, -0.15) is 5.10 Å². The maximum absolute atomic E-state index is 13.2. The SMILES string of the molecule is Cc1cc(Cl)ccc1-n1nc(C(=O)Cl)c2c1/C(=C/c1ccc(F)cc1)CC2. The van der Waals surface area contributed by atoms with Crippen molar-refractivity contribution in [3.63, 3.8) is 0 Å². The molecule has 2 aromatic carbocycles. The molecule has 1 heterocycles. The highest BCUT2D eigenvalue weighted by molar-refractivity contribution is 6.67. The Labute approximate surface area is 166 Å². The minimum atomic E-state index is -0.570. The number of aromatic nitrogens is 2. The number of nitrogens with zero attached hydrogens (tertiary/aromatic N) is 2. The van der Waals surface area contributed by atoms with E-state index in [1.807, 2.05) is 25.1 Å². The monoisotopic (exact) mass is 400 g/mol. The van der Waals surface area contributed by atoms with Crippen LogP contribution in [0, 0.1) is 12.7 Å². The first-order valence-electron chi connectivity index (χ1n) is 8.49. The first-order valence-corrected chi connectivity index (χ1v) is 9.24. The van der Waals surface area contributed by atoms with Crippen molar-refractivity contribution in [1.29, 1.82) is 0 Å². The first-order chi connectivity index (χ1) is 12.9. The van der Waals surface area contributed by atoms with Gasteiger partial charge >= 0.3 is 0 Å². The summed E-state index contributed by atoms with van der Waals surface area (Å²) in [7, 11) is 0. The van der Waals surface area contributed by atoms with Crippen LogP contribution in [0.25, 0.3) is 17.3 Å². The van der Waals surface area contributed by atoms with Gasteiger partial charge in [0.15, 0.2) is 0 Å². The van der Waals surface area contributed by atoms with Gasteiger partial charge in [0.2, 0.25) is 0 Å². The molecule has 4 rings (SSSR count). The minimum absolute atomic E-state index is 0.277. The predicted molar refractivity (Wildman–Crippen MR) is 106 cm³/mol. The number of hydrogen-bond donors (Lipinski definition) is 0. The van der Waals surface area contributed by atoms with Gasteiger partial charge in [0.25, 0.3) is 5.24 Å². The molecule has 0 radical (unpaired) electrons. The number of allylic oxidation sites excluding steroid dienone is 1. The van der Waals surface area contributed by atoms with Crippen molar-refractivity contribution in [2.24, 2.45) is 0 Å². The summed E-state index contributed by atoms with van der Waals surface area (Å²) >= 11 is 11.9. The summed E-state index contributed by atoms with van der Waals surface area (Å²) in [5.41, 5.74) is 5.69. The molecular formula is C21H15Cl2FN2O. The third-order valence-electron chi connectivity index (χ3n) is 4.72. The first kappa shape index (κ1) is 18.0. The molecule has 3 aromatic rings. The van der Waals surface area contributed by atoms with Gasteiger partial charge in [0.05, 0.1) is 11.4 Å². The standard InChI is InChI=1S/C21H15Cl2FN2O/c1-12-10-15(22)5-9-18(12)26-20-14(11-13-2-6-16(24)7-3-13)4-8-17(20)19(25-26)21(23)27/h2-3,5-7,9-11H,4,8H2,1H3/b14-11+. The lowest BCUT2D eigenvalue weighted by atomic mass is 10.1. The second kappa shape index (κ2) is 6.95. The summed E-state index contributed by atoms with van der Waals surface area (Å²) in [6.07, 6.45) is 3.44. The summed E-state index contributed by atoms with van der Waals surface area (Å²) in [4.78, 5) is 11.9. The average molecular weight is 401 g/mol. The number of carbonyl (C=O) groups excluding carboxylic acids is 1. The Kier molecular flexibility index (Phi) is 4.62. The minimum Gasteiger partial charge on any atom is -0.274 e. The second-order valence-electron chi connectivity index (χ2n) is 6.51. The van der Waals surface area contributed by atoms with Crippen LogP contribution in [0.1, 0.15) is 39.3 Å². The molecule has 6 heteroatoms. The Morgan fingerprint density at radius 2 is 1.93 bits per heavy atom. The summed E-state index contributed by atoms with van der Waals surface area (Å²) < 4.78 is 15.0. The van der Waals surface area contributed by atoms with Crippen LogP contribution in [-0.4, -0.2) is 15.0 Å². The lowest BCUT2D eigenvalue weighted by Gasteiger charge is -2.11. The van der Waals surface area contributed by atoms with Crippen molar-refractivity contribution in [1.82, 2.24) is 9.78 Å². The fourth-order valence-electron chi connectivity index (χ4n) is 3.48. The van der Waals surface area contributed by atoms with Crippen molar-refractivity contribution in [3.05, 3.63) is 81.4 Å². The van der Waals surface area contributed by atoms with Crippen LogP contribution in [0.15, 0.2) is 42.5 Å². The van der Waals surface area contributed by atoms with Crippen LogP contribution < -0.4 is 0 Å². The Balaban J connectivity index is 1.90. The number of halogens is 3. The van der Waals surface area contributed by atoms with Gasteiger partial charge < -0.3 is 0 Å². The molecule has 0 amide bonds. The fraction of sp³-hybridized carbons (Fsp3) is 0.143. The number of benzene rings is 2. The zero-order valence-electron chi connectivity index (χ0n) is 14.5. The van der Waals surface area contributed by atoms with E-state index in [1.165, 1.54) is 12.1 Å². The molecule has 0 bridgehead atoms. The van der Waals surface area contributed by atoms with Crippen molar-refractivity contribution in [3.8, 4) is 5.69 Å². The third kappa shape index (κ3) is 3.31. The Bertz CT molecular complexity index is 1080. The molecule has 0 spiro atoms. The quantitative estimate of drug-likeness (QED) is 0.517. The van der Waals surface area contributed by atoms with E-state index in [2.05, 4.69) is 5.10 Å². The molecule has 0 fully saturated rings. The molecule has 0 N–H and O–H groups in total. The van der Waals surface area contributed by atoms with Crippen LogP contribution in [0.2, 0.25) is 5.02 Å². The molecule has 1 aliphatic carbocycles. The number of fused-ring (bicyclic) bond motifs is 1. The molecule has 0 unspecified atom stereocenters. The van der Waals surface area contributed by atoms with Gasteiger partial charge in [0.1, 0.15) is 11.5 Å². The second-order valence-corrected chi connectivity index (χ2v) is 7.29. The lowest BCUT2D eigenvalue weighted by molar-refractivity contribution is 0.107. The predicted octanol–water partition coefficient (Wildman–Crippen LogP) is 5.84. The topological polar surface area (TPSA) is 34.9 Å². The number of rotatable bonds is 3. The number of hydrogen-bond acceptors (Lipinski definition) is 2. The Hall–Kier alpha value is -2.43. The van der Waals surface area contributed by atoms with Gasteiger partial charge in [-0.1, -0.05) is 23.7 Å². The van der Waals surface area contributed by atoms with Crippen LogP contribution in [0.5, 0.6) is 0 Å². The zero-order chi connectivity index (χ0) is 19.1. The summed E-state index contributed by atoms with van der Waals surface area (Å²) in [6.45, 7) is 1.94. The fourth-order valence-corrected chi connectivity index (χ4v) is 3.86. The summed E-state index contributed by atoms with van der Waals surface area (Å²) in [6, 6.07) is 11.8. The molecule has 0 atom stereocenters. The van der Waals surface area contributed by atoms with E-state index in [4.69, 9.17) is 23.2 Å². The van der Waals surface area contributed by atoms with Crippen LogP contribution in [0.4, 0.5) is 4.39 Å². The molecule has 27 heavy (non-hydrogen) atoms. The van der Waals surface area contributed by atoms with Crippen molar-refractivity contribution >= 4 is 40.1 Å². The lowest BCUT2D eigenvalue weighted by Crippen LogP contribution is -2.04. The highest BCUT2D eigenvalue weighted by Gasteiger charge is 2.29. The third-order valence-corrected chi connectivity index (χ3v) is 5.13. The van der Waals surface area contributed by atoms with Crippen LogP contribution in [0.3, 0.4) is 0 Å². The van der Waals surface area contributed by atoms with Gasteiger partial charge in [-0.05, 0) is 84.5 Å². The van der Waals surface area contributed by atoms with E-state index < -0.39 is 5.24 Å². The Morgan fingerprint density at radius 3 is 2.59 bits per heavy atom. The van der Waals surface area contributed by atoms with E-state index in [0.717, 1.165) is 40.1 Å². The molecular weight excluding hydrogens is 386 g/mol. The van der Waals surface area contributed by atoms with E-state index >= 15 is 0 Å². The van der Waals surface area contributed by atoms with Crippen molar-refractivity contribution in [2.75, 3.05) is 0 Å². The van der Waals surface area contributed by atoms with Gasteiger partial charge in [0, 0.05) is 10.6 Å². The van der Waals surface area contributed by atoms with Crippen molar-refractivity contribution in [2.45, 2.75) is 19.8 Å². The molecule has 0 aliphatic heterocycles. The van der Waals surface area contributed by atoms with E-state index in [-0.39, 0.29) is 11.5 Å². The molecule has 136 valence electrons. The molecule has 0 saturated carbocycles. The normalized spacial score (nSPS) is 14.6. The van der Waals surface area contributed by atoms with Crippen LogP contribution >= 0.6 is 23.2 Å². The molecule has 1 aliphatic rings. The maximum atomic E-state index is 13.2. The smallest absolute Gasteiger partial charge is 0.273 e. The largest absolute Gasteiger partial charge is 0.274 e. The average Bonchev–Trinajstić information content (AvgIpc) is 3.18. The maximum Gasteiger partial charge on any atom is 0.273 e. The van der Waals surface area contributed by atoms with E-state index in [9.17, 15) is 9.18 Å². The van der Waals surface area contributed by atoms with Gasteiger partial charge in [-0.25, -0.2) is 9.07 Å².